The minimum absolute atomic E-state index is 0.441. The Morgan fingerprint density at radius 1 is 1.25 bits per heavy atom. The van der Waals surface area contributed by atoms with Gasteiger partial charge in [-0.15, -0.1) is 0 Å². The average Bonchev–Trinajstić information content (AvgIpc) is 2.54. The van der Waals surface area contributed by atoms with Crippen LogP contribution in [0.15, 0.2) is 0 Å². The van der Waals surface area contributed by atoms with Crippen molar-refractivity contribution in [3.05, 3.63) is 0 Å². The second kappa shape index (κ2) is 3.37. The van der Waals surface area contributed by atoms with Gasteiger partial charge in [0.05, 0.1) is 0 Å². The number of hydrogen-bond donors (Lipinski definition) is 1. The van der Waals surface area contributed by atoms with Crippen molar-refractivity contribution < 1.29 is 0 Å². The highest BCUT2D eigenvalue weighted by atomic mass is 15.2. The highest BCUT2D eigenvalue weighted by Gasteiger charge is 2.43. The smallest absolute Gasteiger partial charge is 0.0281 e. The van der Waals surface area contributed by atoms with Crippen molar-refractivity contribution in [1.82, 2.24) is 5.32 Å². The van der Waals surface area contributed by atoms with Gasteiger partial charge in [-0.1, -0.05) is 20.8 Å². The summed E-state index contributed by atoms with van der Waals surface area (Å²) >= 11 is 0. The maximum atomic E-state index is 3.50. The molecular weight excluding hydrogens is 146 g/mol. The topological polar surface area (TPSA) is 21.9 Å². The standard InChI is InChI=1S/C11H23N/c1-8(2)9(3)6-7-10-11(4,5)12-10/h8-10,12H,6-7H2,1-5H3. The van der Waals surface area contributed by atoms with Crippen LogP contribution >= 0.6 is 0 Å². The van der Waals surface area contributed by atoms with Crippen LogP contribution in [0.2, 0.25) is 0 Å². The van der Waals surface area contributed by atoms with E-state index in [4.69, 9.17) is 0 Å². The van der Waals surface area contributed by atoms with Crippen LogP contribution in [0.5, 0.6) is 0 Å². The summed E-state index contributed by atoms with van der Waals surface area (Å²) in [6, 6.07) is 0.790. The number of rotatable bonds is 4. The SMILES string of the molecule is CC(C)C(C)CCC1NC1(C)C. The molecule has 0 aromatic heterocycles. The first-order valence-corrected chi connectivity index (χ1v) is 5.21. The zero-order valence-electron chi connectivity index (χ0n) is 9.15. The molecule has 1 aliphatic rings. The summed E-state index contributed by atoms with van der Waals surface area (Å²) in [5.41, 5.74) is 0.441. The van der Waals surface area contributed by atoms with Crippen molar-refractivity contribution in [2.45, 2.75) is 59.0 Å². The van der Waals surface area contributed by atoms with E-state index in [0.29, 0.717) is 5.54 Å². The van der Waals surface area contributed by atoms with Crippen molar-refractivity contribution in [3.8, 4) is 0 Å². The summed E-state index contributed by atoms with van der Waals surface area (Å²) in [6.45, 7) is 11.6. The van der Waals surface area contributed by atoms with Crippen LogP contribution in [0.1, 0.15) is 47.5 Å². The monoisotopic (exact) mass is 169 g/mol. The van der Waals surface area contributed by atoms with Crippen LogP contribution in [-0.4, -0.2) is 11.6 Å². The predicted molar refractivity (Wildman–Crippen MR) is 54.2 cm³/mol. The van der Waals surface area contributed by atoms with Gasteiger partial charge >= 0.3 is 0 Å². The molecule has 1 N–H and O–H groups in total. The molecule has 0 saturated carbocycles. The third kappa shape index (κ3) is 2.48. The largest absolute Gasteiger partial charge is 0.306 e. The molecule has 1 fully saturated rings. The van der Waals surface area contributed by atoms with E-state index in [0.717, 1.165) is 17.9 Å². The molecule has 1 saturated heterocycles. The Hall–Kier alpha value is -0.0400. The summed E-state index contributed by atoms with van der Waals surface area (Å²) in [6.07, 6.45) is 2.73. The van der Waals surface area contributed by atoms with Crippen LogP contribution in [-0.2, 0) is 0 Å². The highest BCUT2D eigenvalue weighted by molar-refractivity contribution is 5.07. The third-order valence-corrected chi connectivity index (χ3v) is 3.38. The molecule has 0 aliphatic carbocycles. The van der Waals surface area contributed by atoms with E-state index in [1.54, 1.807) is 0 Å². The summed E-state index contributed by atoms with van der Waals surface area (Å²) < 4.78 is 0. The van der Waals surface area contributed by atoms with Gasteiger partial charge in [0, 0.05) is 11.6 Å². The molecule has 1 rings (SSSR count). The van der Waals surface area contributed by atoms with Gasteiger partial charge in [-0.25, -0.2) is 0 Å². The second-order valence-corrected chi connectivity index (χ2v) is 5.22. The zero-order valence-corrected chi connectivity index (χ0v) is 9.15. The van der Waals surface area contributed by atoms with Crippen molar-refractivity contribution in [2.75, 3.05) is 0 Å². The summed E-state index contributed by atoms with van der Waals surface area (Å²) in [4.78, 5) is 0. The van der Waals surface area contributed by atoms with Gasteiger partial charge in [-0.3, -0.25) is 0 Å². The first kappa shape index (κ1) is 10.0. The normalized spacial score (nSPS) is 29.0. The van der Waals surface area contributed by atoms with E-state index in [2.05, 4.69) is 39.9 Å². The molecule has 2 atom stereocenters. The van der Waals surface area contributed by atoms with Crippen LogP contribution in [0.4, 0.5) is 0 Å². The first-order chi connectivity index (χ1) is 5.43. The zero-order chi connectivity index (χ0) is 9.35. The molecule has 0 amide bonds. The molecule has 0 radical (unpaired) electrons. The fourth-order valence-corrected chi connectivity index (χ4v) is 1.60. The Labute approximate surface area is 76.9 Å². The lowest BCUT2D eigenvalue weighted by molar-refractivity contribution is 0.378. The Morgan fingerprint density at radius 3 is 2.08 bits per heavy atom. The lowest BCUT2D eigenvalue weighted by atomic mass is 9.91. The van der Waals surface area contributed by atoms with E-state index in [1.807, 2.05) is 0 Å². The van der Waals surface area contributed by atoms with Crippen LogP contribution in [0, 0.1) is 11.8 Å². The van der Waals surface area contributed by atoms with Crippen molar-refractivity contribution in [3.63, 3.8) is 0 Å². The molecule has 2 unspecified atom stereocenters. The highest BCUT2D eigenvalue weighted by Crippen LogP contribution is 2.30. The predicted octanol–water partition coefficient (Wildman–Crippen LogP) is 2.81. The van der Waals surface area contributed by atoms with E-state index < -0.39 is 0 Å². The van der Waals surface area contributed by atoms with E-state index in [9.17, 15) is 0 Å². The minimum atomic E-state index is 0.441. The second-order valence-electron chi connectivity index (χ2n) is 5.22. The van der Waals surface area contributed by atoms with Crippen molar-refractivity contribution in [1.29, 1.82) is 0 Å². The minimum Gasteiger partial charge on any atom is -0.306 e. The van der Waals surface area contributed by atoms with Gasteiger partial charge in [0.2, 0.25) is 0 Å². The van der Waals surface area contributed by atoms with Gasteiger partial charge < -0.3 is 5.32 Å². The fourth-order valence-electron chi connectivity index (χ4n) is 1.60. The molecular formula is C11H23N. The maximum absolute atomic E-state index is 3.50. The summed E-state index contributed by atoms with van der Waals surface area (Å²) in [5.74, 6) is 1.72. The molecule has 0 spiro atoms. The van der Waals surface area contributed by atoms with Crippen molar-refractivity contribution >= 4 is 0 Å². The molecule has 1 heteroatoms. The Kier molecular flexibility index (Phi) is 2.82. The van der Waals surface area contributed by atoms with E-state index in [1.165, 1.54) is 12.8 Å². The molecule has 72 valence electrons. The van der Waals surface area contributed by atoms with Gasteiger partial charge in [-0.2, -0.15) is 0 Å². The van der Waals surface area contributed by atoms with Gasteiger partial charge in [0.25, 0.3) is 0 Å². The number of nitrogens with one attached hydrogen (secondary N) is 1. The molecule has 1 heterocycles. The van der Waals surface area contributed by atoms with Gasteiger partial charge in [0.15, 0.2) is 0 Å². The average molecular weight is 169 g/mol. The molecule has 1 nitrogen and oxygen atoms in total. The molecule has 1 aliphatic heterocycles. The molecule has 0 aromatic rings. The third-order valence-electron chi connectivity index (χ3n) is 3.38. The van der Waals surface area contributed by atoms with Gasteiger partial charge in [-0.05, 0) is 38.5 Å². The molecule has 0 bridgehead atoms. The summed E-state index contributed by atoms with van der Waals surface area (Å²) in [5, 5.41) is 3.50. The Morgan fingerprint density at radius 2 is 1.75 bits per heavy atom. The lowest BCUT2D eigenvalue weighted by Gasteiger charge is -2.14. The molecule has 12 heavy (non-hydrogen) atoms. The summed E-state index contributed by atoms with van der Waals surface area (Å²) in [7, 11) is 0. The first-order valence-electron chi connectivity index (χ1n) is 5.21. The van der Waals surface area contributed by atoms with Crippen molar-refractivity contribution in [2.24, 2.45) is 11.8 Å². The van der Waals surface area contributed by atoms with Gasteiger partial charge in [0.1, 0.15) is 0 Å². The van der Waals surface area contributed by atoms with E-state index >= 15 is 0 Å². The fraction of sp³-hybridized carbons (Fsp3) is 1.00. The molecule has 0 aromatic carbocycles. The Balaban J connectivity index is 2.11. The van der Waals surface area contributed by atoms with E-state index in [-0.39, 0.29) is 0 Å². The lowest BCUT2D eigenvalue weighted by Crippen LogP contribution is -2.08. The quantitative estimate of drug-likeness (QED) is 0.642. The maximum Gasteiger partial charge on any atom is 0.0281 e. The van der Waals surface area contributed by atoms with Crippen LogP contribution in [0.3, 0.4) is 0 Å². The van der Waals surface area contributed by atoms with Crippen LogP contribution < -0.4 is 5.32 Å². The van der Waals surface area contributed by atoms with Crippen LogP contribution in [0.25, 0.3) is 0 Å². The Bertz CT molecular complexity index is 147. The number of hydrogen-bond acceptors (Lipinski definition) is 1.